The molecule has 3 unspecified atom stereocenters. The van der Waals surface area contributed by atoms with Crippen molar-refractivity contribution in [1.82, 2.24) is 10.2 Å². The Hall–Kier alpha value is -2.78. The van der Waals surface area contributed by atoms with Crippen LogP contribution >= 0.6 is 0 Å². The van der Waals surface area contributed by atoms with Crippen LogP contribution in [-0.4, -0.2) is 48.5 Å². The van der Waals surface area contributed by atoms with E-state index in [1.807, 2.05) is 6.92 Å². The summed E-state index contributed by atoms with van der Waals surface area (Å²) < 4.78 is 43.8. The monoisotopic (exact) mass is 457 g/mol. The van der Waals surface area contributed by atoms with Gasteiger partial charge in [0, 0.05) is 18.8 Å². The summed E-state index contributed by atoms with van der Waals surface area (Å²) >= 11 is 0. The SMILES string of the molecule is CCOC(=O)C1CCCN(C(=O)C(NC(=O)Nc2cccc(C(F)(F)F)c2)C(C)CC)C1. The number of urea groups is 1. The highest BCUT2D eigenvalue weighted by Crippen LogP contribution is 2.30. The van der Waals surface area contributed by atoms with Crippen LogP contribution in [0, 0.1) is 11.8 Å². The number of carbonyl (C=O) groups is 3. The van der Waals surface area contributed by atoms with E-state index in [-0.39, 0.29) is 36.6 Å². The van der Waals surface area contributed by atoms with Crippen molar-refractivity contribution in [2.75, 3.05) is 25.0 Å². The number of hydrogen-bond donors (Lipinski definition) is 2. The van der Waals surface area contributed by atoms with Gasteiger partial charge in [0.15, 0.2) is 0 Å². The molecule has 0 aromatic heterocycles. The zero-order valence-electron chi connectivity index (χ0n) is 18.5. The number of halogens is 3. The first-order valence-corrected chi connectivity index (χ1v) is 10.8. The first kappa shape index (κ1) is 25.5. The van der Waals surface area contributed by atoms with Crippen molar-refractivity contribution < 1.29 is 32.3 Å². The number of rotatable bonds is 7. The number of nitrogens with zero attached hydrogens (tertiary/aromatic N) is 1. The summed E-state index contributed by atoms with van der Waals surface area (Å²) in [6.07, 6.45) is -2.68. The fraction of sp³-hybridized carbons (Fsp3) is 0.591. The third-order valence-electron chi connectivity index (χ3n) is 5.57. The lowest BCUT2D eigenvalue weighted by molar-refractivity contribution is -0.151. The van der Waals surface area contributed by atoms with Crippen LogP contribution in [0.3, 0.4) is 0 Å². The second-order valence-corrected chi connectivity index (χ2v) is 7.92. The van der Waals surface area contributed by atoms with Crippen LogP contribution in [0.25, 0.3) is 0 Å². The van der Waals surface area contributed by atoms with Gasteiger partial charge in [-0.3, -0.25) is 9.59 Å². The van der Waals surface area contributed by atoms with Crippen molar-refractivity contribution >= 4 is 23.6 Å². The van der Waals surface area contributed by atoms with Gasteiger partial charge in [0.1, 0.15) is 6.04 Å². The van der Waals surface area contributed by atoms with Gasteiger partial charge < -0.3 is 20.3 Å². The molecular formula is C22H30F3N3O4. The molecule has 7 nitrogen and oxygen atoms in total. The summed E-state index contributed by atoms with van der Waals surface area (Å²) in [4.78, 5) is 39.3. The van der Waals surface area contributed by atoms with E-state index in [1.165, 1.54) is 12.1 Å². The first-order chi connectivity index (χ1) is 15.1. The zero-order chi connectivity index (χ0) is 23.9. The molecule has 2 N–H and O–H groups in total. The lowest BCUT2D eigenvalue weighted by Gasteiger charge is -2.35. The Morgan fingerprint density at radius 1 is 1.25 bits per heavy atom. The molecule has 0 saturated carbocycles. The molecule has 1 aromatic carbocycles. The number of hydrogen-bond acceptors (Lipinski definition) is 4. The van der Waals surface area contributed by atoms with Crippen molar-refractivity contribution in [1.29, 1.82) is 0 Å². The van der Waals surface area contributed by atoms with Gasteiger partial charge in [-0.15, -0.1) is 0 Å². The molecule has 1 fully saturated rings. The van der Waals surface area contributed by atoms with Gasteiger partial charge in [-0.2, -0.15) is 13.2 Å². The molecule has 1 heterocycles. The van der Waals surface area contributed by atoms with E-state index in [9.17, 15) is 27.6 Å². The van der Waals surface area contributed by atoms with Crippen molar-refractivity contribution in [3.8, 4) is 0 Å². The highest BCUT2D eigenvalue weighted by Gasteiger charge is 2.35. The van der Waals surface area contributed by atoms with Gasteiger partial charge in [0.2, 0.25) is 5.91 Å². The van der Waals surface area contributed by atoms with Gasteiger partial charge in [0.25, 0.3) is 0 Å². The van der Waals surface area contributed by atoms with E-state index in [2.05, 4.69) is 10.6 Å². The van der Waals surface area contributed by atoms with Crippen LogP contribution < -0.4 is 10.6 Å². The number of esters is 1. The van der Waals surface area contributed by atoms with Crippen LogP contribution in [0.2, 0.25) is 0 Å². The molecule has 1 saturated heterocycles. The van der Waals surface area contributed by atoms with Gasteiger partial charge in [-0.25, -0.2) is 4.79 Å². The third kappa shape index (κ3) is 6.86. The minimum absolute atomic E-state index is 0.0342. The van der Waals surface area contributed by atoms with Crippen LogP contribution in [0.1, 0.15) is 45.6 Å². The molecule has 1 aliphatic rings. The summed E-state index contributed by atoms with van der Waals surface area (Å²) in [5.74, 6) is -1.31. The second-order valence-electron chi connectivity index (χ2n) is 7.92. The van der Waals surface area contributed by atoms with Crippen molar-refractivity contribution in [3.05, 3.63) is 29.8 Å². The molecule has 32 heavy (non-hydrogen) atoms. The van der Waals surface area contributed by atoms with Crippen molar-refractivity contribution in [3.63, 3.8) is 0 Å². The highest BCUT2D eigenvalue weighted by atomic mass is 19.4. The quantitative estimate of drug-likeness (QED) is 0.605. The summed E-state index contributed by atoms with van der Waals surface area (Å²) in [6.45, 7) is 6.32. The van der Waals surface area contributed by atoms with Crippen LogP contribution in [-0.2, 0) is 20.5 Å². The Balaban J connectivity index is 2.09. The third-order valence-corrected chi connectivity index (χ3v) is 5.57. The Kier molecular flexibility index (Phi) is 8.91. The standard InChI is InChI=1S/C22H30F3N3O4/c1-4-14(3)18(19(29)28-11-7-8-15(13-28)20(30)32-5-2)27-21(31)26-17-10-6-9-16(12-17)22(23,24)25/h6,9-10,12,14-15,18H,4-5,7-8,11,13H2,1-3H3,(H2,26,27,31). The molecule has 2 rings (SSSR count). The molecule has 3 atom stereocenters. The zero-order valence-corrected chi connectivity index (χ0v) is 18.5. The first-order valence-electron chi connectivity index (χ1n) is 10.8. The molecule has 1 aromatic rings. The molecular weight excluding hydrogens is 427 g/mol. The number of piperidine rings is 1. The average molecular weight is 457 g/mol. The molecule has 10 heteroatoms. The number of nitrogens with one attached hydrogen (secondary N) is 2. The van der Waals surface area contributed by atoms with Gasteiger partial charge in [0.05, 0.1) is 18.1 Å². The van der Waals surface area contributed by atoms with E-state index in [4.69, 9.17) is 4.74 Å². The smallest absolute Gasteiger partial charge is 0.416 e. The normalized spacial score (nSPS) is 18.4. The molecule has 0 radical (unpaired) electrons. The number of ether oxygens (including phenoxy) is 1. The predicted octanol–water partition coefficient (Wildman–Crippen LogP) is 4.04. The highest BCUT2D eigenvalue weighted by molar-refractivity contribution is 5.94. The maximum atomic E-state index is 13.2. The maximum Gasteiger partial charge on any atom is 0.416 e. The molecule has 0 aliphatic carbocycles. The average Bonchev–Trinajstić information content (AvgIpc) is 2.76. The van der Waals surface area contributed by atoms with Crippen molar-refractivity contribution in [2.45, 2.75) is 52.3 Å². The van der Waals surface area contributed by atoms with Crippen LogP contribution in [0.15, 0.2) is 24.3 Å². The Morgan fingerprint density at radius 3 is 2.59 bits per heavy atom. The summed E-state index contributed by atoms with van der Waals surface area (Å²) in [6, 6.07) is 2.61. The summed E-state index contributed by atoms with van der Waals surface area (Å²) in [5.41, 5.74) is -0.920. The Morgan fingerprint density at radius 2 is 1.97 bits per heavy atom. The van der Waals surface area contributed by atoms with Gasteiger partial charge in [-0.05, 0) is 43.9 Å². The molecule has 1 aliphatic heterocycles. The fourth-order valence-electron chi connectivity index (χ4n) is 3.59. The molecule has 0 spiro atoms. The Bertz CT molecular complexity index is 816. The minimum atomic E-state index is -4.53. The van der Waals surface area contributed by atoms with E-state index in [1.54, 1.807) is 18.7 Å². The number of anilines is 1. The topological polar surface area (TPSA) is 87.7 Å². The van der Waals surface area contributed by atoms with Crippen molar-refractivity contribution in [2.24, 2.45) is 11.8 Å². The van der Waals surface area contributed by atoms with E-state index in [0.717, 1.165) is 12.1 Å². The molecule has 3 amide bonds. The lowest BCUT2D eigenvalue weighted by Crippen LogP contribution is -2.55. The number of carbonyl (C=O) groups excluding carboxylic acids is 3. The van der Waals surface area contributed by atoms with Crippen LogP contribution in [0.4, 0.5) is 23.7 Å². The number of likely N-dealkylation sites (tertiary alicyclic amines) is 1. The fourth-order valence-corrected chi connectivity index (χ4v) is 3.59. The molecule has 178 valence electrons. The maximum absolute atomic E-state index is 13.2. The number of alkyl halides is 3. The minimum Gasteiger partial charge on any atom is -0.466 e. The lowest BCUT2D eigenvalue weighted by atomic mass is 9.94. The van der Waals surface area contributed by atoms with E-state index >= 15 is 0 Å². The summed E-state index contributed by atoms with van der Waals surface area (Å²) in [7, 11) is 0. The Labute approximate surface area is 185 Å². The molecule has 0 bridgehead atoms. The number of amides is 3. The van der Waals surface area contributed by atoms with Gasteiger partial charge in [-0.1, -0.05) is 26.3 Å². The second kappa shape index (κ2) is 11.2. The van der Waals surface area contributed by atoms with E-state index in [0.29, 0.717) is 25.8 Å². The van der Waals surface area contributed by atoms with Crippen LogP contribution in [0.5, 0.6) is 0 Å². The number of benzene rings is 1. The van der Waals surface area contributed by atoms with Gasteiger partial charge >= 0.3 is 18.2 Å². The van der Waals surface area contributed by atoms with E-state index < -0.39 is 29.7 Å². The predicted molar refractivity (Wildman–Crippen MR) is 113 cm³/mol. The summed E-state index contributed by atoms with van der Waals surface area (Å²) in [5, 5.41) is 4.97. The largest absolute Gasteiger partial charge is 0.466 e.